The summed E-state index contributed by atoms with van der Waals surface area (Å²) in [6, 6.07) is 0. The number of hydrogen-bond donors (Lipinski definition) is 0. The highest BCUT2D eigenvalue weighted by Crippen LogP contribution is 2.41. The second-order valence-corrected chi connectivity index (χ2v) is 5.44. The lowest BCUT2D eigenvalue weighted by atomic mass is 9.69. The van der Waals surface area contributed by atoms with Crippen LogP contribution in [0.3, 0.4) is 0 Å². The Morgan fingerprint density at radius 3 is 1.60 bits per heavy atom. The molecule has 0 saturated heterocycles. The summed E-state index contributed by atoms with van der Waals surface area (Å²) in [4.78, 5) is 0. The summed E-state index contributed by atoms with van der Waals surface area (Å²) in [7, 11) is 0. The van der Waals surface area contributed by atoms with Gasteiger partial charge in [0.05, 0.1) is 0 Å². The van der Waals surface area contributed by atoms with Crippen LogP contribution in [0.4, 0.5) is 0 Å². The van der Waals surface area contributed by atoms with Crippen LogP contribution in [0.5, 0.6) is 0 Å². The molecule has 0 aromatic rings. The van der Waals surface area contributed by atoms with Crippen molar-refractivity contribution in [2.45, 2.75) is 84.5 Å². The van der Waals surface area contributed by atoms with Crippen molar-refractivity contribution in [3.8, 4) is 0 Å². The lowest BCUT2D eigenvalue weighted by molar-refractivity contribution is 0.145. The summed E-state index contributed by atoms with van der Waals surface area (Å²) in [6.07, 6.45) is 16.3. The highest BCUT2D eigenvalue weighted by atomic mass is 14.3. The van der Waals surface area contributed by atoms with Crippen molar-refractivity contribution in [2.24, 2.45) is 11.8 Å². The van der Waals surface area contributed by atoms with Crippen molar-refractivity contribution < 1.29 is 0 Å². The molecule has 0 aromatic heterocycles. The van der Waals surface area contributed by atoms with Gasteiger partial charge >= 0.3 is 0 Å². The average Bonchev–Trinajstić information content (AvgIpc) is 2.22. The van der Waals surface area contributed by atoms with Gasteiger partial charge in [-0.2, -0.15) is 0 Å². The Morgan fingerprint density at radius 1 is 0.667 bits per heavy atom. The van der Waals surface area contributed by atoms with Crippen LogP contribution in [0.2, 0.25) is 0 Å². The van der Waals surface area contributed by atoms with Gasteiger partial charge in [0.15, 0.2) is 0 Å². The van der Waals surface area contributed by atoms with Gasteiger partial charge in [-0.1, -0.05) is 71.6 Å². The summed E-state index contributed by atoms with van der Waals surface area (Å²) in [5, 5.41) is 0. The fraction of sp³-hybridized carbons (Fsp3) is 1.00. The van der Waals surface area contributed by atoms with E-state index in [-0.39, 0.29) is 0 Å². The van der Waals surface area contributed by atoms with Crippen molar-refractivity contribution >= 4 is 0 Å². The van der Waals surface area contributed by atoms with E-state index in [1.165, 1.54) is 57.8 Å². The topological polar surface area (TPSA) is 0 Å². The first-order chi connectivity index (χ1) is 7.38. The molecule has 1 fully saturated rings. The molecule has 0 radical (unpaired) electrons. The maximum atomic E-state index is 2.31. The van der Waals surface area contributed by atoms with Crippen LogP contribution in [0.15, 0.2) is 0 Å². The third-order valence-corrected chi connectivity index (χ3v) is 4.18. The molecule has 0 heterocycles. The highest BCUT2D eigenvalue weighted by molar-refractivity contribution is 4.80. The van der Waals surface area contributed by atoms with E-state index in [4.69, 9.17) is 0 Å². The fourth-order valence-electron chi connectivity index (χ4n) is 2.89. The van der Waals surface area contributed by atoms with Crippen LogP contribution in [0.1, 0.15) is 84.5 Å². The van der Waals surface area contributed by atoms with Gasteiger partial charge in [0, 0.05) is 0 Å². The average molecular weight is 210 g/mol. The molecule has 0 aromatic carbocycles. The van der Waals surface area contributed by atoms with E-state index in [0.717, 1.165) is 11.8 Å². The van der Waals surface area contributed by atoms with E-state index < -0.39 is 0 Å². The van der Waals surface area contributed by atoms with Gasteiger partial charge in [-0.15, -0.1) is 0 Å². The smallest absolute Gasteiger partial charge is 0.0386 e. The predicted octanol–water partition coefficient (Wildman–Crippen LogP) is 5.56. The van der Waals surface area contributed by atoms with Crippen LogP contribution >= 0.6 is 0 Å². The molecular formula is C15H30. The zero-order chi connectivity index (χ0) is 10.9. The van der Waals surface area contributed by atoms with E-state index >= 15 is 0 Å². The zero-order valence-corrected chi connectivity index (χ0v) is 10.9. The Bertz CT molecular complexity index is 139. The molecular weight excluding hydrogens is 180 g/mol. The molecule has 1 saturated carbocycles. The molecule has 1 aliphatic carbocycles. The maximum Gasteiger partial charge on any atom is -0.0386 e. The quantitative estimate of drug-likeness (QED) is 0.437. The van der Waals surface area contributed by atoms with E-state index in [0.29, 0.717) is 0 Å². The molecule has 0 nitrogen and oxygen atoms in total. The van der Waals surface area contributed by atoms with Crippen molar-refractivity contribution in [2.75, 3.05) is 0 Å². The Hall–Kier alpha value is 0. The maximum absolute atomic E-state index is 2.31. The number of hydrogen-bond acceptors (Lipinski definition) is 0. The molecule has 15 heavy (non-hydrogen) atoms. The van der Waals surface area contributed by atoms with Gasteiger partial charge in [-0.3, -0.25) is 0 Å². The van der Waals surface area contributed by atoms with Gasteiger partial charge in [-0.25, -0.2) is 0 Å². The van der Waals surface area contributed by atoms with E-state index in [1.54, 1.807) is 12.8 Å². The minimum absolute atomic E-state index is 1.12. The standard InChI is InChI=1S/C15H30/c1-3-5-7-9-11-15-13-12-14(15)10-8-6-4-2/h14-15H,3-13H2,1-2H3. The minimum Gasteiger partial charge on any atom is -0.0654 e. The Labute approximate surface area is 96.8 Å². The van der Waals surface area contributed by atoms with Gasteiger partial charge in [0.25, 0.3) is 0 Å². The monoisotopic (exact) mass is 210 g/mol. The van der Waals surface area contributed by atoms with E-state index in [1.807, 2.05) is 0 Å². The molecule has 0 N–H and O–H groups in total. The van der Waals surface area contributed by atoms with Crippen molar-refractivity contribution in [3.63, 3.8) is 0 Å². The molecule has 0 aliphatic heterocycles. The summed E-state index contributed by atoms with van der Waals surface area (Å²) < 4.78 is 0. The second kappa shape index (κ2) is 8.19. The van der Waals surface area contributed by atoms with Crippen LogP contribution in [0.25, 0.3) is 0 Å². The lowest BCUT2D eigenvalue weighted by Gasteiger charge is -2.37. The molecule has 0 spiro atoms. The summed E-state index contributed by atoms with van der Waals surface area (Å²) in [5.74, 6) is 2.25. The molecule has 0 bridgehead atoms. The summed E-state index contributed by atoms with van der Waals surface area (Å²) in [6.45, 7) is 4.61. The molecule has 90 valence electrons. The third kappa shape index (κ3) is 5.04. The molecule has 0 amide bonds. The van der Waals surface area contributed by atoms with Crippen LogP contribution in [0, 0.1) is 11.8 Å². The van der Waals surface area contributed by atoms with Crippen LogP contribution in [-0.4, -0.2) is 0 Å². The minimum atomic E-state index is 1.12. The third-order valence-electron chi connectivity index (χ3n) is 4.18. The normalized spacial score (nSPS) is 25.2. The van der Waals surface area contributed by atoms with Gasteiger partial charge in [-0.05, 0) is 24.7 Å². The van der Waals surface area contributed by atoms with Crippen molar-refractivity contribution in [3.05, 3.63) is 0 Å². The van der Waals surface area contributed by atoms with Crippen LogP contribution in [-0.2, 0) is 0 Å². The van der Waals surface area contributed by atoms with Gasteiger partial charge in [0.1, 0.15) is 0 Å². The van der Waals surface area contributed by atoms with E-state index in [2.05, 4.69) is 13.8 Å². The summed E-state index contributed by atoms with van der Waals surface area (Å²) in [5.41, 5.74) is 0. The summed E-state index contributed by atoms with van der Waals surface area (Å²) >= 11 is 0. The lowest BCUT2D eigenvalue weighted by Crippen LogP contribution is -2.25. The molecule has 1 rings (SSSR count). The molecule has 2 atom stereocenters. The first kappa shape index (κ1) is 13.1. The SMILES string of the molecule is CCCCCCC1CCC1CCCCC. The van der Waals surface area contributed by atoms with Gasteiger partial charge < -0.3 is 0 Å². The van der Waals surface area contributed by atoms with Crippen molar-refractivity contribution in [1.29, 1.82) is 0 Å². The zero-order valence-electron chi connectivity index (χ0n) is 10.9. The largest absolute Gasteiger partial charge is 0.0654 e. The van der Waals surface area contributed by atoms with E-state index in [9.17, 15) is 0 Å². The Morgan fingerprint density at radius 2 is 1.13 bits per heavy atom. The second-order valence-electron chi connectivity index (χ2n) is 5.44. The Kier molecular flexibility index (Phi) is 7.13. The number of rotatable bonds is 9. The highest BCUT2D eigenvalue weighted by Gasteiger charge is 2.29. The molecule has 2 unspecified atom stereocenters. The number of unbranched alkanes of at least 4 members (excludes halogenated alkanes) is 5. The molecule has 1 aliphatic rings. The van der Waals surface area contributed by atoms with Crippen molar-refractivity contribution in [1.82, 2.24) is 0 Å². The molecule has 0 heteroatoms. The fourth-order valence-corrected chi connectivity index (χ4v) is 2.89. The predicted molar refractivity (Wildman–Crippen MR) is 69.1 cm³/mol. The first-order valence-corrected chi connectivity index (χ1v) is 7.38. The Balaban J connectivity index is 1.95. The first-order valence-electron chi connectivity index (χ1n) is 7.38. The van der Waals surface area contributed by atoms with Gasteiger partial charge in [0.2, 0.25) is 0 Å². The van der Waals surface area contributed by atoms with Crippen LogP contribution < -0.4 is 0 Å².